The van der Waals surface area contributed by atoms with Crippen LogP contribution in [-0.2, 0) is 6.42 Å². The number of benzene rings is 1. The van der Waals surface area contributed by atoms with Gasteiger partial charge >= 0.3 is 0 Å². The summed E-state index contributed by atoms with van der Waals surface area (Å²) in [5.41, 5.74) is 0.523. The van der Waals surface area contributed by atoms with Gasteiger partial charge in [0.15, 0.2) is 5.78 Å². The van der Waals surface area contributed by atoms with Gasteiger partial charge in [-0.1, -0.05) is 0 Å². The summed E-state index contributed by atoms with van der Waals surface area (Å²) in [4.78, 5) is 12.1. The van der Waals surface area contributed by atoms with Gasteiger partial charge in [-0.25, -0.2) is 0 Å². The van der Waals surface area contributed by atoms with Crippen molar-refractivity contribution in [3.63, 3.8) is 0 Å². The van der Waals surface area contributed by atoms with Crippen molar-refractivity contribution in [3.8, 4) is 11.5 Å². The lowest BCUT2D eigenvalue weighted by atomic mass is 10.1. The van der Waals surface area contributed by atoms with E-state index in [4.69, 9.17) is 13.9 Å². The molecule has 0 bridgehead atoms. The Morgan fingerprint density at radius 1 is 1.22 bits per heavy atom. The Balaban J connectivity index is 2.24. The maximum atomic E-state index is 12.1. The molecule has 0 radical (unpaired) electrons. The molecule has 0 aliphatic heterocycles. The van der Waals surface area contributed by atoms with E-state index in [0.717, 1.165) is 0 Å². The molecule has 0 saturated heterocycles. The molecule has 0 saturated carbocycles. The smallest absolute Gasteiger partial charge is 0.174 e. The fourth-order valence-electron chi connectivity index (χ4n) is 1.70. The highest BCUT2D eigenvalue weighted by Gasteiger charge is 2.14. The molecule has 0 aliphatic rings. The molecule has 94 valence electrons. The monoisotopic (exact) mass is 246 g/mol. The van der Waals surface area contributed by atoms with Crippen molar-refractivity contribution >= 4 is 5.78 Å². The van der Waals surface area contributed by atoms with Crippen LogP contribution in [0.2, 0.25) is 0 Å². The normalized spacial score (nSPS) is 10.1. The Morgan fingerprint density at radius 2 is 2.06 bits per heavy atom. The Labute approximate surface area is 105 Å². The molecule has 0 fully saturated rings. The summed E-state index contributed by atoms with van der Waals surface area (Å²) in [6, 6.07) is 8.65. The van der Waals surface area contributed by atoms with Crippen molar-refractivity contribution in [2.24, 2.45) is 0 Å². The van der Waals surface area contributed by atoms with Gasteiger partial charge < -0.3 is 13.9 Å². The van der Waals surface area contributed by atoms with Crippen molar-refractivity contribution in [1.29, 1.82) is 0 Å². The van der Waals surface area contributed by atoms with Crippen molar-refractivity contribution < 1.29 is 18.7 Å². The van der Waals surface area contributed by atoms with E-state index in [0.29, 0.717) is 22.8 Å². The van der Waals surface area contributed by atoms with E-state index < -0.39 is 0 Å². The van der Waals surface area contributed by atoms with E-state index in [1.54, 1.807) is 43.7 Å². The number of rotatable bonds is 5. The molecule has 1 heterocycles. The lowest BCUT2D eigenvalue weighted by molar-refractivity contribution is 0.0984. The molecule has 4 heteroatoms. The number of ether oxygens (including phenoxy) is 2. The molecule has 1 aromatic heterocycles. The van der Waals surface area contributed by atoms with Crippen LogP contribution in [0.25, 0.3) is 0 Å². The topological polar surface area (TPSA) is 48.7 Å². The van der Waals surface area contributed by atoms with E-state index in [1.807, 2.05) is 0 Å². The minimum Gasteiger partial charge on any atom is -0.497 e. The molecule has 4 nitrogen and oxygen atoms in total. The van der Waals surface area contributed by atoms with Gasteiger partial charge in [0.25, 0.3) is 0 Å². The Hall–Kier alpha value is -2.23. The fourth-order valence-corrected chi connectivity index (χ4v) is 1.70. The second-order valence-electron chi connectivity index (χ2n) is 3.75. The third-order valence-electron chi connectivity index (χ3n) is 2.62. The number of carbonyl (C=O) groups excluding carboxylic acids is 1. The van der Waals surface area contributed by atoms with Gasteiger partial charge in [0.2, 0.25) is 0 Å². The van der Waals surface area contributed by atoms with Crippen molar-refractivity contribution in [2.75, 3.05) is 14.2 Å². The maximum Gasteiger partial charge on any atom is 0.174 e. The first-order valence-corrected chi connectivity index (χ1v) is 5.52. The van der Waals surface area contributed by atoms with Crippen molar-refractivity contribution in [2.45, 2.75) is 6.42 Å². The van der Waals surface area contributed by atoms with Gasteiger partial charge in [-0.3, -0.25) is 4.79 Å². The Bertz CT molecular complexity index is 529. The predicted octanol–water partition coefficient (Wildman–Crippen LogP) is 2.72. The van der Waals surface area contributed by atoms with E-state index >= 15 is 0 Å². The van der Waals surface area contributed by atoms with E-state index in [9.17, 15) is 4.79 Å². The minimum atomic E-state index is -0.0514. The van der Waals surface area contributed by atoms with Crippen LogP contribution in [0.5, 0.6) is 11.5 Å². The first kappa shape index (κ1) is 12.2. The molecule has 0 aliphatic carbocycles. The summed E-state index contributed by atoms with van der Waals surface area (Å²) < 4.78 is 15.4. The molecule has 1 aromatic carbocycles. The number of hydrogen-bond acceptors (Lipinski definition) is 4. The van der Waals surface area contributed by atoms with Crippen LogP contribution < -0.4 is 9.47 Å². The molecule has 0 unspecified atom stereocenters. The molecule has 0 atom stereocenters. The molecule has 0 N–H and O–H groups in total. The highest BCUT2D eigenvalue weighted by molar-refractivity contribution is 5.99. The minimum absolute atomic E-state index is 0.0514. The average molecular weight is 246 g/mol. The lowest BCUT2D eigenvalue weighted by Crippen LogP contribution is -2.05. The number of hydrogen-bond donors (Lipinski definition) is 0. The summed E-state index contributed by atoms with van der Waals surface area (Å²) in [6.07, 6.45) is 1.77. The van der Waals surface area contributed by atoms with Crippen LogP contribution in [-0.4, -0.2) is 20.0 Å². The summed E-state index contributed by atoms with van der Waals surface area (Å²) >= 11 is 0. The van der Waals surface area contributed by atoms with Gasteiger partial charge in [-0.05, 0) is 24.3 Å². The first-order chi connectivity index (χ1) is 8.74. The highest BCUT2D eigenvalue weighted by atomic mass is 16.5. The van der Waals surface area contributed by atoms with Gasteiger partial charge in [-0.2, -0.15) is 0 Å². The van der Waals surface area contributed by atoms with Gasteiger partial charge in [-0.15, -0.1) is 0 Å². The molecular formula is C14H14O4. The maximum absolute atomic E-state index is 12.1. The van der Waals surface area contributed by atoms with Crippen LogP contribution in [0.4, 0.5) is 0 Å². The van der Waals surface area contributed by atoms with Crippen LogP contribution in [0.1, 0.15) is 16.1 Å². The number of Topliss-reactive ketones (excluding diaryl/α,β-unsaturated/α-hetero) is 1. The number of methoxy groups -OCH3 is 2. The quantitative estimate of drug-likeness (QED) is 0.761. The molecule has 2 rings (SSSR count). The number of ketones is 1. The summed E-state index contributed by atoms with van der Waals surface area (Å²) in [7, 11) is 3.09. The molecule has 18 heavy (non-hydrogen) atoms. The van der Waals surface area contributed by atoms with Crippen LogP contribution >= 0.6 is 0 Å². The standard InChI is InChI=1S/C14H14O4/c1-16-10-5-6-12(14(9-10)17-2)13(15)8-11-4-3-7-18-11/h3-7,9H,8H2,1-2H3. The summed E-state index contributed by atoms with van der Waals surface area (Å²) in [5.74, 6) is 1.75. The lowest BCUT2D eigenvalue weighted by Gasteiger charge is -2.08. The van der Waals surface area contributed by atoms with Crippen LogP contribution in [0.15, 0.2) is 41.0 Å². The first-order valence-electron chi connectivity index (χ1n) is 5.52. The zero-order valence-electron chi connectivity index (χ0n) is 10.3. The van der Waals surface area contributed by atoms with Crippen molar-refractivity contribution in [1.82, 2.24) is 0 Å². The fraction of sp³-hybridized carbons (Fsp3) is 0.214. The van der Waals surface area contributed by atoms with Crippen LogP contribution in [0, 0.1) is 0 Å². The Morgan fingerprint density at radius 3 is 2.67 bits per heavy atom. The SMILES string of the molecule is COc1ccc(C(=O)Cc2ccco2)c(OC)c1. The number of carbonyl (C=O) groups is 1. The zero-order chi connectivity index (χ0) is 13.0. The van der Waals surface area contributed by atoms with E-state index in [2.05, 4.69) is 0 Å². The molecular weight excluding hydrogens is 232 g/mol. The van der Waals surface area contributed by atoms with E-state index in [1.165, 1.54) is 7.11 Å². The van der Waals surface area contributed by atoms with Crippen LogP contribution in [0.3, 0.4) is 0 Å². The molecule has 0 spiro atoms. The Kier molecular flexibility index (Phi) is 3.67. The number of furan rings is 1. The third-order valence-corrected chi connectivity index (χ3v) is 2.62. The van der Waals surface area contributed by atoms with Gasteiger partial charge in [0, 0.05) is 6.07 Å². The summed E-state index contributed by atoms with van der Waals surface area (Å²) in [5, 5.41) is 0. The predicted molar refractivity (Wildman–Crippen MR) is 66.3 cm³/mol. The zero-order valence-corrected chi connectivity index (χ0v) is 10.3. The summed E-state index contributed by atoms with van der Waals surface area (Å²) in [6.45, 7) is 0. The average Bonchev–Trinajstić information content (AvgIpc) is 2.90. The third kappa shape index (κ3) is 2.53. The second kappa shape index (κ2) is 5.40. The molecule has 0 amide bonds. The van der Waals surface area contributed by atoms with Crippen molar-refractivity contribution in [3.05, 3.63) is 47.9 Å². The van der Waals surface area contributed by atoms with Gasteiger partial charge in [0.05, 0.1) is 32.5 Å². The van der Waals surface area contributed by atoms with E-state index in [-0.39, 0.29) is 12.2 Å². The highest BCUT2D eigenvalue weighted by Crippen LogP contribution is 2.25. The largest absolute Gasteiger partial charge is 0.497 e. The second-order valence-corrected chi connectivity index (χ2v) is 3.75. The molecule has 2 aromatic rings. The van der Waals surface area contributed by atoms with Gasteiger partial charge in [0.1, 0.15) is 17.3 Å².